The second-order valence-corrected chi connectivity index (χ2v) is 8.38. The summed E-state index contributed by atoms with van der Waals surface area (Å²) in [7, 11) is -3.54. The molecule has 1 aliphatic rings. The lowest BCUT2D eigenvalue weighted by Gasteiger charge is -2.27. The summed E-state index contributed by atoms with van der Waals surface area (Å²) >= 11 is 0. The molecule has 0 radical (unpaired) electrons. The van der Waals surface area contributed by atoms with Crippen LogP contribution in [0.4, 0.5) is 5.69 Å². The molecule has 1 fully saturated rings. The molecule has 26 heavy (non-hydrogen) atoms. The van der Waals surface area contributed by atoms with Crippen LogP contribution in [-0.2, 0) is 14.7 Å². The Balaban J connectivity index is 1.80. The first kappa shape index (κ1) is 16.8. The molecule has 2 atom stereocenters. The van der Waals surface area contributed by atoms with Gasteiger partial charge in [-0.3, -0.25) is 4.84 Å². The Kier molecular flexibility index (Phi) is 4.49. The van der Waals surface area contributed by atoms with Crippen LogP contribution in [0.1, 0.15) is 11.6 Å². The first-order chi connectivity index (χ1) is 12.7. The van der Waals surface area contributed by atoms with Crippen LogP contribution in [-0.4, -0.2) is 20.3 Å². The smallest absolute Gasteiger partial charge is 0.186 e. The number of benzene rings is 3. The molecule has 0 N–H and O–H groups in total. The first-order valence-electron chi connectivity index (χ1n) is 8.49. The lowest BCUT2D eigenvalue weighted by molar-refractivity contribution is 0.159. The van der Waals surface area contributed by atoms with Gasteiger partial charge in [0.05, 0.1) is 17.2 Å². The summed E-state index contributed by atoms with van der Waals surface area (Å²) in [6.45, 7) is 0.117. The van der Waals surface area contributed by atoms with Gasteiger partial charge in [-0.2, -0.15) is 0 Å². The van der Waals surface area contributed by atoms with Gasteiger partial charge < -0.3 is 0 Å². The van der Waals surface area contributed by atoms with E-state index in [2.05, 4.69) is 0 Å². The van der Waals surface area contributed by atoms with Crippen LogP contribution < -0.4 is 5.06 Å². The van der Waals surface area contributed by atoms with E-state index in [1.165, 1.54) is 0 Å². The van der Waals surface area contributed by atoms with Crippen molar-refractivity contribution in [3.8, 4) is 0 Å². The number of rotatable bonds is 4. The van der Waals surface area contributed by atoms with E-state index in [4.69, 9.17) is 4.84 Å². The summed E-state index contributed by atoms with van der Waals surface area (Å²) < 4.78 is 26.6. The summed E-state index contributed by atoms with van der Waals surface area (Å²) in [5.74, 6) is 0. The second kappa shape index (κ2) is 6.94. The van der Waals surface area contributed by atoms with E-state index < -0.39 is 21.1 Å². The number of sulfone groups is 1. The van der Waals surface area contributed by atoms with Gasteiger partial charge in [0.2, 0.25) is 0 Å². The standard InChI is InChI=1S/C21H19NO3S/c23-26(24,19-14-8-3-9-15-19)20-16-25-22(18-12-6-2-7-13-18)21(20)17-10-4-1-5-11-17/h1-15,20-21H,16H2/t20-,21-/m0/s1. The zero-order valence-electron chi connectivity index (χ0n) is 14.1. The van der Waals surface area contributed by atoms with Crippen LogP contribution in [0.5, 0.6) is 0 Å². The number of para-hydroxylation sites is 1. The van der Waals surface area contributed by atoms with Crippen LogP contribution >= 0.6 is 0 Å². The lowest BCUT2D eigenvalue weighted by atomic mass is 10.0. The fraction of sp³-hybridized carbons (Fsp3) is 0.143. The zero-order valence-corrected chi connectivity index (χ0v) is 14.9. The molecule has 1 heterocycles. The largest absolute Gasteiger partial charge is 0.271 e. The molecule has 4 nitrogen and oxygen atoms in total. The summed E-state index contributed by atoms with van der Waals surface area (Å²) in [6.07, 6.45) is 0. The maximum atomic E-state index is 13.3. The Hall–Kier alpha value is -2.63. The molecule has 132 valence electrons. The Labute approximate surface area is 153 Å². The highest BCUT2D eigenvalue weighted by molar-refractivity contribution is 7.92. The molecule has 0 bridgehead atoms. The van der Waals surface area contributed by atoms with E-state index in [1.807, 2.05) is 66.7 Å². The minimum Gasteiger partial charge on any atom is -0.271 e. The molecule has 5 heteroatoms. The van der Waals surface area contributed by atoms with Gasteiger partial charge in [0.1, 0.15) is 11.3 Å². The molecule has 4 rings (SSSR count). The molecule has 3 aromatic carbocycles. The molecular formula is C21H19NO3S. The van der Waals surface area contributed by atoms with Crippen molar-refractivity contribution in [3.05, 3.63) is 96.6 Å². The summed E-state index contributed by atoms with van der Waals surface area (Å²) in [4.78, 5) is 6.20. The van der Waals surface area contributed by atoms with E-state index >= 15 is 0 Å². The molecule has 1 aliphatic heterocycles. The van der Waals surface area contributed by atoms with E-state index in [9.17, 15) is 8.42 Å². The van der Waals surface area contributed by atoms with Crippen molar-refractivity contribution in [2.24, 2.45) is 0 Å². The third-order valence-corrected chi connectivity index (χ3v) is 6.73. The number of nitrogens with zero attached hydrogens (tertiary/aromatic N) is 1. The van der Waals surface area contributed by atoms with Crippen molar-refractivity contribution in [2.75, 3.05) is 11.7 Å². The third kappa shape index (κ3) is 3.00. The van der Waals surface area contributed by atoms with E-state index in [0.29, 0.717) is 4.90 Å². The highest BCUT2D eigenvalue weighted by Gasteiger charge is 2.45. The summed E-state index contributed by atoms with van der Waals surface area (Å²) in [5, 5.41) is 1.04. The molecule has 0 amide bonds. The molecule has 0 spiro atoms. The van der Waals surface area contributed by atoms with Crippen LogP contribution in [0.15, 0.2) is 95.9 Å². The van der Waals surface area contributed by atoms with Crippen molar-refractivity contribution in [1.29, 1.82) is 0 Å². The van der Waals surface area contributed by atoms with Crippen LogP contribution in [0.25, 0.3) is 0 Å². The number of hydrogen-bond acceptors (Lipinski definition) is 4. The SMILES string of the molecule is O=S(=O)(c1ccccc1)[C@H]1CON(c2ccccc2)[C@H]1c1ccccc1. The van der Waals surface area contributed by atoms with Crippen molar-refractivity contribution >= 4 is 15.5 Å². The molecule has 3 aromatic rings. The Morgan fingerprint density at radius 1 is 0.769 bits per heavy atom. The van der Waals surface area contributed by atoms with Crippen LogP contribution in [0.3, 0.4) is 0 Å². The van der Waals surface area contributed by atoms with Gasteiger partial charge >= 0.3 is 0 Å². The van der Waals surface area contributed by atoms with E-state index in [-0.39, 0.29) is 6.61 Å². The van der Waals surface area contributed by atoms with Gasteiger partial charge in [0.25, 0.3) is 0 Å². The topological polar surface area (TPSA) is 46.6 Å². The first-order valence-corrected chi connectivity index (χ1v) is 10.0. The van der Waals surface area contributed by atoms with Gasteiger partial charge in [-0.05, 0) is 29.8 Å². The number of hydrogen-bond donors (Lipinski definition) is 0. The normalized spacial score (nSPS) is 20.2. The van der Waals surface area contributed by atoms with Crippen molar-refractivity contribution in [3.63, 3.8) is 0 Å². The van der Waals surface area contributed by atoms with Gasteiger partial charge in [-0.15, -0.1) is 0 Å². The molecule has 0 saturated carbocycles. The Morgan fingerprint density at radius 3 is 1.92 bits per heavy atom. The van der Waals surface area contributed by atoms with Crippen molar-refractivity contribution in [2.45, 2.75) is 16.2 Å². The van der Waals surface area contributed by atoms with Crippen molar-refractivity contribution in [1.82, 2.24) is 0 Å². The fourth-order valence-corrected chi connectivity index (χ4v) is 5.06. The maximum absolute atomic E-state index is 13.3. The Morgan fingerprint density at radius 2 is 1.31 bits per heavy atom. The van der Waals surface area contributed by atoms with Crippen molar-refractivity contribution < 1.29 is 13.3 Å². The predicted octanol–water partition coefficient (Wildman–Crippen LogP) is 4.02. The molecule has 0 aromatic heterocycles. The minimum absolute atomic E-state index is 0.117. The van der Waals surface area contributed by atoms with Gasteiger partial charge in [-0.1, -0.05) is 66.7 Å². The highest BCUT2D eigenvalue weighted by atomic mass is 32.2. The predicted molar refractivity (Wildman–Crippen MR) is 101 cm³/mol. The maximum Gasteiger partial charge on any atom is 0.186 e. The zero-order chi connectivity index (χ0) is 18.0. The molecule has 1 saturated heterocycles. The summed E-state index contributed by atoms with van der Waals surface area (Å²) in [5.41, 5.74) is 1.76. The molecule has 0 aliphatic carbocycles. The fourth-order valence-electron chi connectivity index (χ4n) is 3.33. The average Bonchev–Trinajstić information content (AvgIpc) is 3.16. The van der Waals surface area contributed by atoms with Crippen LogP contribution in [0, 0.1) is 0 Å². The van der Waals surface area contributed by atoms with Gasteiger partial charge in [0.15, 0.2) is 9.84 Å². The number of anilines is 1. The minimum atomic E-state index is -3.54. The van der Waals surface area contributed by atoms with E-state index in [1.54, 1.807) is 29.3 Å². The second-order valence-electron chi connectivity index (χ2n) is 6.21. The average molecular weight is 365 g/mol. The Bertz CT molecular complexity index is 960. The quantitative estimate of drug-likeness (QED) is 0.701. The van der Waals surface area contributed by atoms with Gasteiger partial charge in [0, 0.05) is 0 Å². The lowest BCUT2D eigenvalue weighted by Crippen LogP contribution is -2.32. The van der Waals surface area contributed by atoms with E-state index in [0.717, 1.165) is 11.3 Å². The monoisotopic (exact) mass is 365 g/mol. The third-order valence-electron chi connectivity index (χ3n) is 4.60. The molecule has 0 unspecified atom stereocenters. The van der Waals surface area contributed by atoms with Crippen LogP contribution in [0.2, 0.25) is 0 Å². The number of hydroxylamine groups is 1. The highest BCUT2D eigenvalue weighted by Crippen LogP contribution is 2.40. The molecular weight excluding hydrogens is 346 g/mol. The van der Waals surface area contributed by atoms with Gasteiger partial charge in [-0.25, -0.2) is 13.5 Å². The summed E-state index contributed by atoms with van der Waals surface area (Å²) in [6, 6.07) is 27.4.